The van der Waals surface area contributed by atoms with Crippen LogP contribution in [0.25, 0.3) is 0 Å². The number of benzene rings is 2. The Balaban J connectivity index is 1.78. The maximum atomic E-state index is 12.9. The summed E-state index contributed by atoms with van der Waals surface area (Å²) < 4.78 is 5.23. The van der Waals surface area contributed by atoms with Gasteiger partial charge in [0, 0.05) is 18.7 Å². The van der Waals surface area contributed by atoms with Crippen LogP contribution in [-0.4, -0.2) is 25.0 Å². The summed E-state index contributed by atoms with van der Waals surface area (Å²) >= 11 is 0. The van der Waals surface area contributed by atoms with Gasteiger partial charge < -0.3 is 10.1 Å². The Hall–Kier alpha value is -2.82. The lowest BCUT2D eigenvalue weighted by Gasteiger charge is -2.30. The number of para-hydroxylation sites is 1. The maximum absolute atomic E-state index is 12.9. The number of fused-ring (bicyclic) bond motifs is 1. The zero-order valence-corrected chi connectivity index (χ0v) is 15.9. The normalized spacial score (nSPS) is 14.9. The summed E-state index contributed by atoms with van der Waals surface area (Å²) in [5.41, 5.74) is 2.95. The van der Waals surface area contributed by atoms with Crippen molar-refractivity contribution in [2.75, 3.05) is 12.0 Å². The van der Waals surface area contributed by atoms with Gasteiger partial charge in [-0.1, -0.05) is 37.3 Å². The molecule has 2 aromatic rings. The average Bonchev–Trinajstić information content (AvgIpc) is 2.86. The highest BCUT2D eigenvalue weighted by atomic mass is 16.5. The number of carbonyl (C=O) groups is 2. The summed E-state index contributed by atoms with van der Waals surface area (Å²) in [7, 11) is 1.62. The van der Waals surface area contributed by atoms with Gasteiger partial charge in [0.25, 0.3) is 0 Å². The van der Waals surface area contributed by atoms with Crippen molar-refractivity contribution in [3.8, 4) is 5.75 Å². The molecule has 1 unspecified atom stereocenters. The van der Waals surface area contributed by atoms with Gasteiger partial charge in [-0.25, -0.2) is 0 Å². The van der Waals surface area contributed by atoms with Crippen LogP contribution < -0.4 is 15.0 Å². The van der Waals surface area contributed by atoms with Gasteiger partial charge in [-0.2, -0.15) is 0 Å². The van der Waals surface area contributed by atoms with Crippen molar-refractivity contribution in [3.05, 3.63) is 59.7 Å². The van der Waals surface area contributed by atoms with Crippen LogP contribution in [0.3, 0.4) is 0 Å². The Labute approximate surface area is 160 Å². The van der Waals surface area contributed by atoms with Crippen molar-refractivity contribution in [2.45, 2.75) is 45.2 Å². The second-order valence-electron chi connectivity index (χ2n) is 6.74. The smallest absolute Gasteiger partial charge is 0.243 e. The molecule has 1 aliphatic heterocycles. The van der Waals surface area contributed by atoms with Gasteiger partial charge in [-0.15, -0.1) is 0 Å². The Morgan fingerprint density at radius 3 is 2.78 bits per heavy atom. The average molecular weight is 366 g/mol. The molecule has 5 heteroatoms. The maximum Gasteiger partial charge on any atom is 0.243 e. The lowest BCUT2D eigenvalue weighted by Crippen LogP contribution is -2.49. The third-order valence-corrected chi connectivity index (χ3v) is 4.96. The van der Waals surface area contributed by atoms with Crippen LogP contribution in [0.5, 0.6) is 5.75 Å². The van der Waals surface area contributed by atoms with Crippen LogP contribution in [-0.2, 0) is 22.6 Å². The highest BCUT2D eigenvalue weighted by Crippen LogP contribution is 2.29. The third kappa shape index (κ3) is 4.30. The Morgan fingerprint density at radius 2 is 2.00 bits per heavy atom. The number of ether oxygens (including phenoxy) is 1. The van der Waals surface area contributed by atoms with E-state index in [0.717, 1.165) is 35.4 Å². The van der Waals surface area contributed by atoms with Crippen LogP contribution in [0.1, 0.15) is 37.3 Å². The first-order chi connectivity index (χ1) is 13.1. The molecule has 1 N–H and O–H groups in total. The second kappa shape index (κ2) is 8.71. The topological polar surface area (TPSA) is 58.6 Å². The third-order valence-electron chi connectivity index (χ3n) is 4.96. The fourth-order valence-corrected chi connectivity index (χ4v) is 3.56. The summed E-state index contributed by atoms with van der Waals surface area (Å²) in [6.45, 7) is 2.34. The van der Waals surface area contributed by atoms with Gasteiger partial charge in [0.15, 0.2) is 0 Å². The molecule has 2 aromatic carbocycles. The zero-order chi connectivity index (χ0) is 19.2. The van der Waals surface area contributed by atoms with Crippen LogP contribution >= 0.6 is 0 Å². The molecule has 0 aliphatic carbocycles. The molecule has 1 atom stereocenters. The minimum Gasteiger partial charge on any atom is -0.497 e. The Kier molecular flexibility index (Phi) is 6.12. The summed E-state index contributed by atoms with van der Waals surface area (Å²) in [5, 5.41) is 2.98. The van der Waals surface area contributed by atoms with Gasteiger partial charge in [0.2, 0.25) is 11.8 Å². The van der Waals surface area contributed by atoms with E-state index in [0.29, 0.717) is 19.4 Å². The molecule has 0 fully saturated rings. The largest absolute Gasteiger partial charge is 0.497 e. The van der Waals surface area contributed by atoms with Gasteiger partial charge in [0.05, 0.1) is 7.11 Å². The van der Waals surface area contributed by atoms with E-state index in [-0.39, 0.29) is 11.8 Å². The number of carbonyl (C=O) groups excluding carboxylic acids is 2. The summed E-state index contributed by atoms with van der Waals surface area (Å²) in [5.74, 6) is 0.638. The SMILES string of the molecule is CCC(C(=O)NCc1cccc(OC)c1)N1C(=O)CCCc2ccccc21. The molecule has 3 rings (SSSR count). The fraction of sp³-hybridized carbons (Fsp3) is 0.364. The molecule has 0 radical (unpaired) electrons. The summed E-state index contributed by atoms with van der Waals surface area (Å²) in [4.78, 5) is 27.4. The van der Waals surface area contributed by atoms with Crippen molar-refractivity contribution in [3.63, 3.8) is 0 Å². The van der Waals surface area contributed by atoms with E-state index in [1.165, 1.54) is 0 Å². The number of hydrogen-bond donors (Lipinski definition) is 1. The molecule has 0 bridgehead atoms. The number of nitrogens with one attached hydrogen (secondary N) is 1. The van der Waals surface area contributed by atoms with E-state index in [4.69, 9.17) is 4.74 Å². The van der Waals surface area contributed by atoms with Gasteiger partial charge in [-0.3, -0.25) is 14.5 Å². The molecule has 27 heavy (non-hydrogen) atoms. The summed E-state index contributed by atoms with van der Waals surface area (Å²) in [6.07, 6.45) is 2.70. The Morgan fingerprint density at radius 1 is 1.19 bits per heavy atom. The van der Waals surface area contributed by atoms with E-state index in [1.54, 1.807) is 12.0 Å². The molecule has 0 saturated heterocycles. The first-order valence-corrected chi connectivity index (χ1v) is 9.44. The number of methoxy groups -OCH3 is 1. The van der Waals surface area contributed by atoms with Crippen LogP contribution in [0.4, 0.5) is 5.69 Å². The molecule has 0 saturated carbocycles. The highest BCUT2D eigenvalue weighted by molar-refractivity contribution is 6.01. The first kappa shape index (κ1) is 19.0. The van der Waals surface area contributed by atoms with Crippen molar-refractivity contribution < 1.29 is 14.3 Å². The number of nitrogens with zero attached hydrogens (tertiary/aromatic N) is 1. The van der Waals surface area contributed by atoms with E-state index in [9.17, 15) is 9.59 Å². The molecule has 142 valence electrons. The quantitative estimate of drug-likeness (QED) is 0.852. The number of aryl methyl sites for hydroxylation is 1. The number of amides is 2. The number of rotatable bonds is 6. The van der Waals surface area contributed by atoms with Gasteiger partial charge in [-0.05, 0) is 48.6 Å². The first-order valence-electron chi connectivity index (χ1n) is 9.44. The lowest BCUT2D eigenvalue weighted by molar-refractivity contribution is -0.126. The molecule has 1 heterocycles. The van der Waals surface area contributed by atoms with E-state index in [1.807, 2.05) is 55.5 Å². The highest BCUT2D eigenvalue weighted by Gasteiger charge is 2.32. The zero-order valence-electron chi connectivity index (χ0n) is 15.9. The molecule has 1 aliphatic rings. The van der Waals surface area contributed by atoms with Crippen molar-refractivity contribution in [2.24, 2.45) is 0 Å². The predicted molar refractivity (Wildman–Crippen MR) is 106 cm³/mol. The predicted octanol–water partition coefficient (Wildman–Crippen LogP) is 3.46. The fourth-order valence-electron chi connectivity index (χ4n) is 3.56. The summed E-state index contributed by atoms with van der Waals surface area (Å²) in [6, 6.07) is 15.0. The molecular weight excluding hydrogens is 340 g/mol. The van der Waals surface area contributed by atoms with Crippen molar-refractivity contribution >= 4 is 17.5 Å². The van der Waals surface area contributed by atoms with E-state index < -0.39 is 6.04 Å². The van der Waals surface area contributed by atoms with Crippen molar-refractivity contribution in [1.82, 2.24) is 5.32 Å². The molecule has 0 aromatic heterocycles. The van der Waals surface area contributed by atoms with Crippen LogP contribution in [0.15, 0.2) is 48.5 Å². The standard InChI is InChI=1S/C22H26N2O3/c1-3-19(22(26)23-15-16-8-6-11-18(14-16)27-2)24-20-12-5-4-9-17(20)10-7-13-21(24)25/h4-6,8-9,11-12,14,19H,3,7,10,13,15H2,1-2H3,(H,23,26). The number of anilines is 1. The minimum absolute atomic E-state index is 0.0170. The van der Waals surface area contributed by atoms with E-state index >= 15 is 0 Å². The lowest BCUT2D eigenvalue weighted by atomic mass is 10.1. The Bertz CT molecular complexity index is 819. The monoisotopic (exact) mass is 366 g/mol. The van der Waals surface area contributed by atoms with E-state index in [2.05, 4.69) is 5.32 Å². The van der Waals surface area contributed by atoms with Crippen LogP contribution in [0, 0.1) is 0 Å². The molecule has 0 spiro atoms. The van der Waals surface area contributed by atoms with Crippen molar-refractivity contribution in [1.29, 1.82) is 0 Å². The second-order valence-corrected chi connectivity index (χ2v) is 6.74. The van der Waals surface area contributed by atoms with Crippen LogP contribution in [0.2, 0.25) is 0 Å². The number of hydrogen-bond acceptors (Lipinski definition) is 3. The van der Waals surface area contributed by atoms with Gasteiger partial charge >= 0.3 is 0 Å². The molecule has 5 nitrogen and oxygen atoms in total. The minimum atomic E-state index is -0.512. The van der Waals surface area contributed by atoms with Gasteiger partial charge in [0.1, 0.15) is 11.8 Å². The molecule has 2 amide bonds. The molecular formula is C22H26N2O3.